The molecule has 1 aliphatic heterocycles. The molecule has 25 heavy (non-hydrogen) atoms. The fraction of sp³-hybridized carbons (Fsp3) is 0.533. The Labute approximate surface area is 143 Å². The fourth-order valence-corrected chi connectivity index (χ4v) is 2.66. The van der Waals surface area contributed by atoms with Crippen molar-refractivity contribution in [3.05, 3.63) is 24.2 Å². The summed E-state index contributed by atoms with van der Waals surface area (Å²) in [5, 5.41) is 24.6. The van der Waals surface area contributed by atoms with Gasteiger partial charge in [-0.1, -0.05) is 0 Å². The highest BCUT2D eigenvalue weighted by atomic mass is 16.6. The van der Waals surface area contributed by atoms with Gasteiger partial charge in [0, 0.05) is 0 Å². The minimum absolute atomic E-state index is 0.228. The molecule has 2 aromatic heterocycles. The lowest BCUT2D eigenvalue weighted by molar-refractivity contribution is -0.154. The summed E-state index contributed by atoms with van der Waals surface area (Å²) in [6.45, 7) is 2.79. The number of esters is 1. The van der Waals surface area contributed by atoms with Gasteiger partial charge in [0.25, 0.3) is 0 Å². The van der Waals surface area contributed by atoms with Crippen molar-refractivity contribution in [2.75, 3.05) is 12.3 Å². The van der Waals surface area contributed by atoms with Crippen molar-refractivity contribution in [2.45, 2.75) is 43.8 Å². The van der Waals surface area contributed by atoms with Crippen LogP contribution in [0.25, 0.3) is 5.52 Å². The molecule has 10 heteroatoms. The Morgan fingerprint density at radius 1 is 1.40 bits per heavy atom. The number of nitrogen functional groups attached to an aromatic ring is 1. The van der Waals surface area contributed by atoms with Gasteiger partial charge in [-0.3, -0.25) is 4.79 Å². The van der Waals surface area contributed by atoms with Crippen molar-refractivity contribution in [1.29, 1.82) is 0 Å². The highest BCUT2D eigenvalue weighted by Gasteiger charge is 2.45. The van der Waals surface area contributed by atoms with Gasteiger partial charge >= 0.3 is 5.97 Å². The first-order valence-corrected chi connectivity index (χ1v) is 7.76. The number of rotatable bonds is 4. The summed E-state index contributed by atoms with van der Waals surface area (Å²) >= 11 is 0. The van der Waals surface area contributed by atoms with Crippen LogP contribution in [-0.2, 0) is 14.3 Å². The number of aliphatic hydroxyl groups is 2. The molecule has 2 aromatic rings. The number of ether oxygens (including phenoxy) is 2. The third-order valence-electron chi connectivity index (χ3n) is 4.07. The quantitative estimate of drug-likeness (QED) is 0.494. The van der Waals surface area contributed by atoms with Crippen LogP contribution in [0.1, 0.15) is 25.6 Å². The zero-order chi connectivity index (χ0) is 18.4. The van der Waals surface area contributed by atoms with Crippen LogP contribution in [0.2, 0.25) is 0 Å². The number of aliphatic hydroxyl groups excluding tert-OH is 2. The summed E-state index contributed by atoms with van der Waals surface area (Å²) in [5.41, 5.74) is 11.3. The van der Waals surface area contributed by atoms with Gasteiger partial charge in [-0.15, -0.1) is 0 Å². The van der Waals surface area contributed by atoms with E-state index in [2.05, 4.69) is 10.1 Å². The van der Waals surface area contributed by atoms with Crippen molar-refractivity contribution in [1.82, 2.24) is 14.6 Å². The van der Waals surface area contributed by atoms with Gasteiger partial charge < -0.3 is 31.2 Å². The molecule has 1 fully saturated rings. The Morgan fingerprint density at radius 3 is 2.80 bits per heavy atom. The normalized spacial score (nSPS) is 26.9. The lowest BCUT2D eigenvalue weighted by Crippen LogP contribution is -2.44. The number of anilines is 1. The average Bonchev–Trinajstić information content (AvgIpc) is 3.08. The van der Waals surface area contributed by atoms with E-state index in [0.717, 1.165) is 0 Å². The number of carbonyl (C=O) groups is 1. The zero-order valence-electron chi connectivity index (χ0n) is 13.9. The molecule has 136 valence electrons. The lowest BCUT2D eigenvalue weighted by Gasteiger charge is -2.20. The van der Waals surface area contributed by atoms with Crippen LogP contribution in [0, 0.1) is 0 Å². The molecule has 0 bridgehead atoms. The molecule has 3 heterocycles. The molecule has 0 aromatic carbocycles. The molecule has 3 rings (SSSR count). The molecule has 6 N–H and O–H groups in total. The van der Waals surface area contributed by atoms with Crippen LogP contribution in [0.4, 0.5) is 5.82 Å². The van der Waals surface area contributed by atoms with E-state index in [0.29, 0.717) is 11.2 Å². The van der Waals surface area contributed by atoms with E-state index in [1.807, 2.05) is 0 Å². The van der Waals surface area contributed by atoms with Gasteiger partial charge in [-0.25, -0.2) is 9.50 Å². The van der Waals surface area contributed by atoms with Crippen LogP contribution in [0.3, 0.4) is 0 Å². The van der Waals surface area contributed by atoms with Crippen LogP contribution < -0.4 is 11.5 Å². The summed E-state index contributed by atoms with van der Waals surface area (Å²) < 4.78 is 12.3. The minimum atomic E-state index is -1.23. The fourth-order valence-electron chi connectivity index (χ4n) is 2.66. The number of nitrogens with two attached hydrogens (primary N) is 2. The molecule has 0 saturated carbocycles. The van der Waals surface area contributed by atoms with Crippen molar-refractivity contribution < 1.29 is 24.5 Å². The van der Waals surface area contributed by atoms with Gasteiger partial charge in [0.05, 0.1) is 5.69 Å². The van der Waals surface area contributed by atoms with Gasteiger partial charge in [-0.2, -0.15) is 5.10 Å². The second-order valence-electron chi connectivity index (χ2n) is 6.60. The molecule has 0 aliphatic carbocycles. The van der Waals surface area contributed by atoms with E-state index in [9.17, 15) is 15.0 Å². The number of fused-ring (bicyclic) bond motifs is 1. The minimum Gasteiger partial charge on any atom is -0.461 e. The van der Waals surface area contributed by atoms with E-state index >= 15 is 0 Å². The second-order valence-corrected chi connectivity index (χ2v) is 6.60. The van der Waals surface area contributed by atoms with Crippen molar-refractivity contribution in [2.24, 2.45) is 5.73 Å². The van der Waals surface area contributed by atoms with E-state index in [4.69, 9.17) is 20.9 Å². The Kier molecular flexibility index (Phi) is 4.37. The highest BCUT2D eigenvalue weighted by Crippen LogP contribution is 2.34. The van der Waals surface area contributed by atoms with Gasteiger partial charge in [-0.05, 0) is 26.0 Å². The molecule has 1 aliphatic rings. The average molecular weight is 351 g/mol. The van der Waals surface area contributed by atoms with Gasteiger partial charge in [0.2, 0.25) is 0 Å². The molecule has 1 saturated heterocycles. The summed E-state index contributed by atoms with van der Waals surface area (Å²) in [6.07, 6.45) is -2.92. The molecule has 10 nitrogen and oxygen atoms in total. The number of aromatic nitrogens is 3. The topological polar surface area (TPSA) is 158 Å². The molecule has 4 atom stereocenters. The summed E-state index contributed by atoms with van der Waals surface area (Å²) in [4.78, 5) is 15.6. The van der Waals surface area contributed by atoms with E-state index in [1.54, 1.807) is 12.1 Å². The molecule has 0 radical (unpaired) electrons. The number of nitrogens with zero attached hydrogens (tertiary/aromatic N) is 3. The van der Waals surface area contributed by atoms with Crippen molar-refractivity contribution in [3.8, 4) is 0 Å². The lowest BCUT2D eigenvalue weighted by atomic mass is 10.1. The van der Waals surface area contributed by atoms with E-state index in [1.165, 1.54) is 24.7 Å². The summed E-state index contributed by atoms with van der Waals surface area (Å²) in [5.74, 6) is -0.347. The predicted octanol–water partition coefficient (Wildman–Crippen LogP) is -1.25. The van der Waals surface area contributed by atoms with Crippen LogP contribution in [0.5, 0.6) is 0 Å². The molecule has 0 spiro atoms. The number of hydrogen-bond acceptors (Lipinski definition) is 9. The predicted molar refractivity (Wildman–Crippen MR) is 86.3 cm³/mol. The maximum absolute atomic E-state index is 11.8. The van der Waals surface area contributed by atoms with Crippen LogP contribution in [-0.4, -0.2) is 61.2 Å². The van der Waals surface area contributed by atoms with E-state index < -0.39 is 35.9 Å². The van der Waals surface area contributed by atoms with Gasteiger partial charge in [0.1, 0.15) is 48.4 Å². The maximum atomic E-state index is 11.8. The van der Waals surface area contributed by atoms with Crippen LogP contribution in [0.15, 0.2) is 18.5 Å². The van der Waals surface area contributed by atoms with Gasteiger partial charge in [0.15, 0.2) is 5.82 Å². The Hall–Kier alpha value is -2.27. The van der Waals surface area contributed by atoms with Crippen molar-refractivity contribution in [3.63, 3.8) is 0 Å². The SMILES string of the molecule is CC(C)(N)C(=O)OC[C@H]1O[C@@H](c2ccc3c(N)ncnn23)[C@H](O)[C@@H]1O. The molecule has 0 amide bonds. The number of carbonyl (C=O) groups excluding carboxylic acids is 1. The highest BCUT2D eigenvalue weighted by molar-refractivity contribution is 5.79. The Balaban J connectivity index is 1.78. The third-order valence-corrected chi connectivity index (χ3v) is 4.07. The van der Waals surface area contributed by atoms with E-state index in [-0.39, 0.29) is 12.4 Å². The first kappa shape index (κ1) is 17.5. The standard InChI is InChI=1S/C15H21N5O5/c1-15(2,17)14(23)24-5-9-10(21)11(22)12(25-9)7-3-4-8-13(16)18-6-19-20(7)8/h3-4,6,9-12,21-22H,5,17H2,1-2H3,(H2,16,18,19)/t9-,10-,11-,12+/m1/s1. The smallest absolute Gasteiger partial charge is 0.325 e. The largest absolute Gasteiger partial charge is 0.461 e. The first-order valence-electron chi connectivity index (χ1n) is 7.76. The zero-order valence-corrected chi connectivity index (χ0v) is 13.9. The first-order chi connectivity index (χ1) is 11.7. The summed E-state index contributed by atoms with van der Waals surface area (Å²) in [6, 6.07) is 3.37. The summed E-state index contributed by atoms with van der Waals surface area (Å²) in [7, 11) is 0. The Morgan fingerprint density at radius 2 is 2.12 bits per heavy atom. The third kappa shape index (κ3) is 3.16. The molecule has 0 unspecified atom stereocenters. The number of hydrogen-bond donors (Lipinski definition) is 4. The monoisotopic (exact) mass is 351 g/mol. The Bertz CT molecular complexity index is 786. The molecular formula is C15H21N5O5. The van der Waals surface area contributed by atoms with Crippen molar-refractivity contribution >= 4 is 17.3 Å². The maximum Gasteiger partial charge on any atom is 0.325 e. The second kappa shape index (κ2) is 6.23. The molecular weight excluding hydrogens is 330 g/mol. The van der Waals surface area contributed by atoms with Crippen LogP contribution >= 0.6 is 0 Å².